The molecule has 0 spiro atoms. The van der Waals surface area contributed by atoms with Crippen LogP contribution in [0.4, 0.5) is 0 Å². The predicted molar refractivity (Wildman–Crippen MR) is 90.2 cm³/mol. The minimum absolute atomic E-state index is 0.224. The largest absolute Gasteiger partial charge is 0.493 e. The second-order valence-corrected chi connectivity index (χ2v) is 6.66. The second kappa shape index (κ2) is 6.04. The smallest absolute Gasteiger partial charge is 0.161 e. The van der Waals surface area contributed by atoms with Gasteiger partial charge in [0.1, 0.15) is 0 Å². The van der Waals surface area contributed by atoms with Crippen LogP contribution in [0, 0.1) is 5.92 Å². The molecule has 2 bridgehead atoms. The highest BCUT2D eigenvalue weighted by Crippen LogP contribution is 2.40. The van der Waals surface area contributed by atoms with E-state index in [1.807, 2.05) is 6.07 Å². The number of methoxy groups -OCH3 is 1. The van der Waals surface area contributed by atoms with Crippen LogP contribution < -0.4 is 14.9 Å². The lowest BCUT2D eigenvalue weighted by Gasteiger charge is -2.45. The summed E-state index contributed by atoms with van der Waals surface area (Å²) in [5.74, 6) is 2.31. The van der Waals surface area contributed by atoms with Gasteiger partial charge in [-0.15, -0.1) is 0 Å². The average Bonchev–Trinajstić information content (AvgIpc) is 3.08. The van der Waals surface area contributed by atoms with Gasteiger partial charge in [-0.2, -0.15) is 5.10 Å². The molecule has 0 aromatic heterocycles. The van der Waals surface area contributed by atoms with E-state index < -0.39 is 0 Å². The van der Waals surface area contributed by atoms with Crippen molar-refractivity contribution >= 4 is 5.71 Å². The summed E-state index contributed by atoms with van der Waals surface area (Å²) in [6.07, 6.45) is 3.51. The number of hydrazone groups is 1. The summed E-state index contributed by atoms with van der Waals surface area (Å²) in [6, 6.07) is 6.91. The van der Waals surface area contributed by atoms with E-state index in [2.05, 4.69) is 34.5 Å². The number of hydrogen-bond acceptors (Lipinski definition) is 5. The molecule has 2 unspecified atom stereocenters. The Labute approximate surface area is 137 Å². The zero-order valence-corrected chi connectivity index (χ0v) is 13.9. The highest BCUT2D eigenvalue weighted by molar-refractivity contribution is 5.95. The number of piperidine rings is 3. The van der Waals surface area contributed by atoms with Crippen LogP contribution in [0.5, 0.6) is 11.5 Å². The molecule has 124 valence electrons. The monoisotopic (exact) mass is 315 g/mol. The molecule has 5 heteroatoms. The van der Waals surface area contributed by atoms with Crippen LogP contribution in [0.1, 0.15) is 37.8 Å². The summed E-state index contributed by atoms with van der Waals surface area (Å²) in [5, 5.41) is 4.68. The van der Waals surface area contributed by atoms with Gasteiger partial charge in [0.2, 0.25) is 0 Å². The van der Waals surface area contributed by atoms with Gasteiger partial charge in [0, 0.05) is 5.92 Å². The number of hydrogen-bond donors (Lipinski definition) is 1. The molecule has 1 N–H and O–H groups in total. The number of fused-ring (bicyclic) bond motifs is 2. The fourth-order valence-corrected chi connectivity index (χ4v) is 4.12. The Kier molecular flexibility index (Phi) is 3.89. The van der Waals surface area contributed by atoms with Gasteiger partial charge in [0.05, 0.1) is 31.5 Å². The van der Waals surface area contributed by atoms with Crippen LogP contribution in [0.15, 0.2) is 23.3 Å². The van der Waals surface area contributed by atoms with Crippen molar-refractivity contribution in [3.05, 3.63) is 23.8 Å². The molecule has 0 amide bonds. The zero-order valence-electron chi connectivity index (χ0n) is 13.9. The first-order chi connectivity index (χ1) is 11.3. The van der Waals surface area contributed by atoms with Gasteiger partial charge < -0.3 is 14.9 Å². The Bertz CT molecular complexity index is 608. The Morgan fingerprint density at radius 1 is 1.26 bits per heavy atom. The molecule has 4 heterocycles. The van der Waals surface area contributed by atoms with Crippen molar-refractivity contribution in [2.45, 2.75) is 38.3 Å². The summed E-state index contributed by atoms with van der Waals surface area (Å²) in [7, 11) is 1.70. The standard InChI is InChI=1S/C18H25N3O2/c1-3-10-23-14-5-4-13(11-15(14)22-2)17-18-16(19-20-17)12-6-8-21(18)9-7-12/h4-5,11-12,17-18,20H,3,6-10H2,1-2H3. The highest BCUT2D eigenvalue weighted by Gasteiger charge is 2.46. The summed E-state index contributed by atoms with van der Waals surface area (Å²) < 4.78 is 11.3. The lowest BCUT2D eigenvalue weighted by molar-refractivity contribution is 0.133. The first-order valence-electron chi connectivity index (χ1n) is 8.69. The molecule has 1 aromatic carbocycles. The van der Waals surface area contributed by atoms with E-state index in [-0.39, 0.29) is 6.04 Å². The first-order valence-corrected chi connectivity index (χ1v) is 8.69. The van der Waals surface area contributed by atoms with E-state index in [9.17, 15) is 0 Å². The van der Waals surface area contributed by atoms with Gasteiger partial charge in [-0.1, -0.05) is 13.0 Å². The van der Waals surface area contributed by atoms with Crippen LogP contribution >= 0.6 is 0 Å². The molecule has 2 atom stereocenters. The fraction of sp³-hybridized carbons (Fsp3) is 0.611. The molecular weight excluding hydrogens is 290 g/mol. The Hall–Kier alpha value is -1.75. The third-order valence-electron chi connectivity index (χ3n) is 5.30. The van der Waals surface area contributed by atoms with Gasteiger partial charge in [-0.3, -0.25) is 4.90 Å². The Balaban J connectivity index is 1.59. The van der Waals surface area contributed by atoms with Crippen LogP contribution in [0.25, 0.3) is 0 Å². The highest BCUT2D eigenvalue weighted by atomic mass is 16.5. The third-order valence-corrected chi connectivity index (χ3v) is 5.30. The van der Waals surface area contributed by atoms with Crippen LogP contribution in [-0.4, -0.2) is 43.5 Å². The lowest BCUT2D eigenvalue weighted by Crippen LogP contribution is -2.56. The minimum atomic E-state index is 0.224. The summed E-state index contributed by atoms with van der Waals surface area (Å²) in [6.45, 7) is 5.21. The number of benzene rings is 1. The maximum Gasteiger partial charge on any atom is 0.161 e. The zero-order chi connectivity index (χ0) is 15.8. The van der Waals surface area contributed by atoms with E-state index in [1.165, 1.54) is 37.2 Å². The summed E-state index contributed by atoms with van der Waals surface area (Å²) in [4.78, 5) is 2.58. The Morgan fingerprint density at radius 3 is 2.83 bits per heavy atom. The number of ether oxygens (including phenoxy) is 2. The van der Waals surface area contributed by atoms with Crippen LogP contribution in [0.2, 0.25) is 0 Å². The van der Waals surface area contributed by atoms with Gasteiger partial charge in [-0.25, -0.2) is 0 Å². The van der Waals surface area contributed by atoms with E-state index in [1.54, 1.807) is 7.11 Å². The normalized spacial score (nSPS) is 31.3. The lowest BCUT2D eigenvalue weighted by atomic mass is 9.78. The number of nitrogens with one attached hydrogen (secondary N) is 1. The molecule has 0 saturated carbocycles. The molecule has 3 fully saturated rings. The van der Waals surface area contributed by atoms with Crippen molar-refractivity contribution in [3.8, 4) is 11.5 Å². The molecular formula is C18H25N3O2. The van der Waals surface area contributed by atoms with Gasteiger partial charge >= 0.3 is 0 Å². The van der Waals surface area contributed by atoms with E-state index >= 15 is 0 Å². The van der Waals surface area contributed by atoms with E-state index in [0.717, 1.165) is 17.9 Å². The van der Waals surface area contributed by atoms with Gasteiger partial charge in [0.15, 0.2) is 11.5 Å². The van der Waals surface area contributed by atoms with E-state index in [4.69, 9.17) is 9.47 Å². The molecule has 23 heavy (non-hydrogen) atoms. The maximum absolute atomic E-state index is 5.77. The van der Waals surface area contributed by atoms with Gasteiger partial charge in [-0.05, 0) is 50.0 Å². The Morgan fingerprint density at radius 2 is 2.09 bits per heavy atom. The topological polar surface area (TPSA) is 46.1 Å². The maximum atomic E-state index is 5.77. The SMILES string of the molecule is CCCOc1ccc(C2NN=C3C4CCN(CC4)C32)cc1OC. The van der Waals surface area contributed by atoms with Crippen molar-refractivity contribution in [3.63, 3.8) is 0 Å². The number of rotatable bonds is 5. The number of nitrogens with zero attached hydrogens (tertiary/aromatic N) is 2. The molecule has 0 aliphatic carbocycles. The fourth-order valence-electron chi connectivity index (χ4n) is 4.12. The van der Waals surface area contributed by atoms with Crippen molar-refractivity contribution in [2.75, 3.05) is 26.8 Å². The third kappa shape index (κ3) is 2.47. The molecule has 5 nitrogen and oxygen atoms in total. The van der Waals surface area contributed by atoms with Crippen LogP contribution in [-0.2, 0) is 0 Å². The summed E-state index contributed by atoms with van der Waals surface area (Å²) >= 11 is 0. The molecule has 4 aliphatic heterocycles. The summed E-state index contributed by atoms with van der Waals surface area (Å²) in [5.41, 5.74) is 5.96. The first kappa shape index (κ1) is 14.8. The molecule has 4 aliphatic rings. The molecule has 0 radical (unpaired) electrons. The molecule has 1 aromatic rings. The van der Waals surface area contributed by atoms with E-state index in [0.29, 0.717) is 18.6 Å². The molecule has 5 rings (SSSR count). The molecule has 3 saturated heterocycles. The predicted octanol–water partition coefficient (Wildman–Crippen LogP) is 2.58. The van der Waals surface area contributed by atoms with Crippen molar-refractivity contribution in [2.24, 2.45) is 11.0 Å². The van der Waals surface area contributed by atoms with Gasteiger partial charge in [0.25, 0.3) is 0 Å². The second-order valence-electron chi connectivity index (χ2n) is 6.66. The average molecular weight is 315 g/mol. The minimum Gasteiger partial charge on any atom is -0.493 e. The quantitative estimate of drug-likeness (QED) is 0.907. The van der Waals surface area contributed by atoms with Crippen molar-refractivity contribution < 1.29 is 9.47 Å². The van der Waals surface area contributed by atoms with Crippen LogP contribution in [0.3, 0.4) is 0 Å². The van der Waals surface area contributed by atoms with Crippen molar-refractivity contribution in [1.29, 1.82) is 0 Å². The van der Waals surface area contributed by atoms with Crippen molar-refractivity contribution in [1.82, 2.24) is 10.3 Å².